The van der Waals surface area contributed by atoms with Crippen LogP contribution in [0.5, 0.6) is 23.0 Å². The van der Waals surface area contributed by atoms with E-state index in [-0.39, 0.29) is 5.91 Å². The van der Waals surface area contributed by atoms with E-state index in [4.69, 9.17) is 18.9 Å². The van der Waals surface area contributed by atoms with Gasteiger partial charge in [-0.05, 0) is 49.2 Å². The van der Waals surface area contributed by atoms with Crippen LogP contribution in [0.3, 0.4) is 0 Å². The summed E-state index contributed by atoms with van der Waals surface area (Å²) < 4.78 is 21.7. The smallest absolute Gasteiger partial charge is 0.275 e. The van der Waals surface area contributed by atoms with E-state index in [1.807, 2.05) is 32.0 Å². The molecule has 2 aromatic rings. The Kier molecular flexibility index (Phi) is 8.14. The lowest BCUT2D eigenvalue weighted by atomic mass is 10.2. The average molecular weight is 386 g/mol. The zero-order chi connectivity index (χ0) is 20.4. The number of carbonyl (C=O) groups is 1. The second kappa shape index (κ2) is 10.8. The lowest BCUT2D eigenvalue weighted by Gasteiger charge is -2.12. The summed E-state index contributed by atoms with van der Waals surface area (Å²) in [6.07, 6.45) is 2.45. The van der Waals surface area contributed by atoms with Gasteiger partial charge in [-0.2, -0.15) is 5.10 Å². The van der Waals surface area contributed by atoms with Crippen molar-refractivity contribution in [2.45, 2.75) is 20.3 Å². The number of ether oxygens (including phenoxy) is 4. The van der Waals surface area contributed by atoms with Crippen LogP contribution < -0.4 is 24.4 Å². The van der Waals surface area contributed by atoms with Crippen LogP contribution in [0.4, 0.5) is 0 Å². The number of hydrazone groups is 1. The van der Waals surface area contributed by atoms with Crippen LogP contribution in [-0.2, 0) is 0 Å². The summed E-state index contributed by atoms with van der Waals surface area (Å²) in [5, 5.41) is 4.02. The molecule has 150 valence electrons. The number of rotatable bonds is 10. The molecule has 7 heteroatoms. The molecule has 0 radical (unpaired) electrons. The molecule has 0 heterocycles. The molecule has 0 unspecified atom stereocenters. The molecular formula is C21H26N2O5. The average Bonchev–Trinajstić information content (AvgIpc) is 2.72. The van der Waals surface area contributed by atoms with E-state index in [1.54, 1.807) is 31.5 Å². The van der Waals surface area contributed by atoms with Gasteiger partial charge in [-0.15, -0.1) is 0 Å². The third-order valence-electron chi connectivity index (χ3n) is 3.76. The Balaban J connectivity index is 2.09. The first kappa shape index (κ1) is 21.1. The molecule has 0 aliphatic carbocycles. The number of carbonyl (C=O) groups excluding carboxylic acids is 1. The maximum absolute atomic E-state index is 12.4. The highest BCUT2D eigenvalue weighted by Crippen LogP contribution is 2.28. The molecule has 2 rings (SSSR count). The van der Waals surface area contributed by atoms with Gasteiger partial charge < -0.3 is 18.9 Å². The van der Waals surface area contributed by atoms with Gasteiger partial charge in [0.1, 0.15) is 11.5 Å². The molecule has 1 N–H and O–H groups in total. The summed E-state index contributed by atoms with van der Waals surface area (Å²) in [7, 11) is 3.04. The van der Waals surface area contributed by atoms with Crippen molar-refractivity contribution in [2.24, 2.45) is 5.10 Å². The largest absolute Gasteiger partial charge is 0.497 e. The van der Waals surface area contributed by atoms with E-state index in [2.05, 4.69) is 10.5 Å². The Morgan fingerprint density at radius 2 is 1.82 bits per heavy atom. The standard InChI is InChI=1S/C21H26N2O5/c1-5-11-28-18-10-7-15(12-20(18)27-6-2)14-22-23-21(24)17-9-8-16(25-3)13-19(17)26-4/h7-10,12-14H,5-6,11H2,1-4H3,(H,23,24). The minimum absolute atomic E-state index is 0.360. The van der Waals surface area contributed by atoms with E-state index in [0.29, 0.717) is 41.8 Å². The normalized spacial score (nSPS) is 10.6. The fourth-order valence-corrected chi connectivity index (χ4v) is 2.42. The zero-order valence-corrected chi connectivity index (χ0v) is 16.7. The number of amides is 1. The lowest BCUT2D eigenvalue weighted by molar-refractivity contribution is 0.0952. The number of methoxy groups -OCH3 is 2. The monoisotopic (exact) mass is 386 g/mol. The number of nitrogens with one attached hydrogen (secondary N) is 1. The zero-order valence-electron chi connectivity index (χ0n) is 16.7. The molecule has 0 saturated heterocycles. The Labute approximate surface area is 165 Å². The molecule has 0 atom stereocenters. The molecule has 0 bridgehead atoms. The molecule has 0 aromatic heterocycles. The van der Waals surface area contributed by atoms with Crippen LogP contribution in [0.25, 0.3) is 0 Å². The number of nitrogens with zero attached hydrogens (tertiary/aromatic N) is 1. The highest BCUT2D eigenvalue weighted by atomic mass is 16.5. The second-order valence-electron chi connectivity index (χ2n) is 5.75. The van der Waals surface area contributed by atoms with Crippen molar-refractivity contribution in [3.63, 3.8) is 0 Å². The predicted octanol–water partition coefficient (Wildman–Crippen LogP) is 3.66. The van der Waals surface area contributed by atoms with Crippen molar-refractivity contribution in [1.29, 1.82) is 0 Å². The molecule has 0 fully saturated rings. The van der Waals surface area contributed by atoms with E-state index >= 15 is 0 Å². The van der Waals surface area contributed by atoms with Crippen molar-refractivity contribution in [1.82, 2.24) is 5.43 Å². The molecule has 0 spiro atoms. The van der Waals surface area contributed by atoms with Crippen molar-refractivity contribution >= 4 is 12.1 Å². The minimum atomic E-state index is -0.385. The SMILES string of the molecule is CCCOc1ccc(C=NNC(=O)c2ccc(OC)cc2OC)cc1OCC. The third-order valence-corrected chi connectivity index (χ3v) is 3.76. The van der Waals surface area contributed by atoms with Gasteiger partial charge in [0.15, 0.2) is 11.5 Å². The first-order valence-electron chi connectivity index (χ1n) is 9.08. The Morgan fingerprint density at radius 1 is 1.00 bits per heavy atom. The molecule has 28 heavy (non-hydrogen) atoms. The molecule has 0 aliphatic heterocycles. The lowest BCUT2D eigenvalue weighted by Crippen LogP contribution is -2.18. The summed E-state index contributed by atoms with van der Waals surface area (Å²) in [5.41, 5.74) is 3.63. The van der Waals surface area contributed by atoms with E-state index in [9.17, 15) is 4.79 Å². The third kappa shape index (κ3) is 5.64. The fourth-order valence-electron chi connectivity index (χ4n) is 2.42. The molecule has 7 nitrogen and oxygen atoms in total. The second-order valence-corrected chi connectivity index (χ2v) is 5.75. The minimum Gasteiger partial charge on any atom is -0.497 e. The quantitative estimate of drug-likeness (QED) is 0.498. The maximum Gasteiger partial charge on any atom is 0.275 e. The summed E-state index contributed by atoms with van der Waals surface area (Å²) in [4.78, 5) is 12.4. The van der Waals surface area contributed by atoms with Crippen LogP contribution >= 0.6 is 0 Å². The Bertz CT molecular complexity index is 820. The molecule has 2 aromatic carbocycles. The van der Waals surface area contributed by atoms with E-state index in [0.717, 1.165) is 12.0 Å². The van der Waals surface area contributed by atoms with E-state index in [1.165, 1.54) is 7.11 Å². The van der Waals surface area contributed by atoms with Gasteiger partial charge in [-0.1, -0.05) is 6.92 Å². The van der Waals surface area contributed by atoms with Crippen LogP contribution in [0.15, 0.2) is 41.5 Å². The van der Waals surface area contributed by atoms with Gasteiger partial charge >= 0.3 is 0 Å². The van der Waals surface area contributed by atoms with Crippen LogP contribution in [0, 0.1) is 0 Å². The van der Waals surface area contributed by atoms with Gasteiger partial charge in [0.05, 0.1) is 39.2 Å². The summed E-state index contributed by atoms with van der Waals surface area (Å²) in [6, 6.07) is 10.4. The van der Waals surface area contributed by atoms with Gasteiger partial charge in [0.2, 0.25) is 0 Å². The highest BCUT2D eigenvalue weighted by Gasteiger charge is 2.12. The van der Waals surface area contributed by atoms with Gasteiger partial charge in [0.25, 0.3) is 5.91 Å². The van der Waals surface area contributed by atoms with Crippen LogP contribution in [-0.4, -0.2) is 39.6 Å². The summed E-state index contributed by atoms with van der Waals surface area (Å²) >= 11 is 0. The Morgan fingerprint density at radius 3 is 2.50 bits per heavy atom. The number of benzene rings is 2. The first-order valence-corrected chi connectivity index (χ1v) is 9.08. The topological polar surface area (TPSA) is 78.4 Å². The van der Waals surface area contributed by atoms with Crippen molar-refractivity contribution in [2.75, 3.05) is 27.4 Å². The summed E-state index contributed by atoms with van der Waals surface area (Å²) in [6.45, 7) is 5.10. The van der Waals surface area contributed by atoms with Gasteiger partial charge in [-0.3, -0.25) is 4.79 Å². The van der Waals surface area contributed by atoms with Crippen molar-refractivity contribution < 1.29 is 23.7 Å². The van der Waals surface area contributed by atoms with E-state index < -0.39 is 0 Å². The van der Waals surface area contributed by atoms with Crippen molar-refractivity contribution in [3.05, 3.63) is 47.5 Å². The summed E-state index contributed by atoms with van der Waals surface area (Å²) in [5.74, 6) is 1.95. The molecule has 1 amide bonds. The molecule has 0 aliphatic rings. The van der Waals surface area contributed by atoms with Gasteiger partial charge in [-0.25, -0.2) is 5.43 Å². The maximum atomic E-state index is 12.4. The van der Waals surface area contributed by atoms with Crippen LogP contribution in [0.2, 0.25) is 0 Å². The number of hydrogen-bond donors (Lipinski definition) is 1. The fraction of sp³-hybridized carbons (Fsp3) is 0.333. The predicted molar refractivity (Wildman–Crippen MR) is 108 cm³/mol. The van der Waals surface area contributed by atoms with Crippen molar-refractivity contribution in [3.8, 4) is 23.0 Å². The molecule has 0 saturated carbocycles. The van der Waals surface area contributed by atoms with Crippen LogP contribution in [0.1, 0.15) is 36.2 Å². The Hall–Kier alpha value is -3.22. The highest BCUT2D eigenvalue weighted by molar-refractivity contribution is 5.97. The number of hydrogen-bond acceptors (Lipinski definition) is 6. The first-order chi connectivity index (χ1) is 13.6. The van der Waals surface area contributed by atoms with Gasteiger partial charge in [0, 0.05) is 6.07 Å². The molecular weight excluding hydrogens is 360 g/mol.